The summed E-state index contributed by atoms with van der Waals surface area (Å²) in [7, 11) is 0. The molecule has 33 heavy (non-hydrogen) atoms. The molecule has 1 aliphatic heterocycles. The molecule has 3 rings (SSSR count). The number of hydrogen-bond acceptors (Lipinski definition) is 3. The van der Waals surface area contributed by atoms with Crippen LogP contribution in [0.25, 0.3) is 11.4 Å². The molecule has 2 aromatic rings. The molecule has 3 unspecified atom stereocenters. The van der Waals surface area contributed by atoms with Crippen LogP contribution in [0.1, 0.15) is 83.6 Å². The molecule has 0 radical (unpaired) electrons. The second-order valence-corrected chi connectivity index (χ2v) is 8.84. The van der Waals surface area contributed by atoms with Crippen LogP contribution in [-0.4, -0.2) is 35.0 Å². The van der Waals surface area contributed by atoms with Gasteiger partial charge in [0.25, 0.3) is 0 Å². The van der Waals surface area contributed by atoms with E-state index in [0.29, 0.717) is 30.8 Å². The van der Waals surface area contributed by atoms with Crippen molar-refractivity contribution in [3.8, 4) is 11.4 Å². The number of unbranched alkanes of at least 4 members (excludes halogenated alkanes) is 5. The number of alkyl halides is 2. The Morgan fingerprint density at radius 3 is 2.39 bits per heavy atom. The Morgan fingerprint density at radius 2 is 1.76 bits per heavy atom. The minimum atomic E-state index is -0.714. The van der Waals surface area contributed by atoms with E-state index in [9.17, 15) is 13.2 Å². The summed E-state index contributed by atoms with van der Waals surface area (Å²) in [6.45, 7) is 4.40. The van der Waals surface area contributed by atoms with Crippen molar-refractivity contribution in [2.45, 2.75) is 103 Å². The average molecular weight is 465 g/mol. The normalized spacial score (nSPS) is 18.6. The van der Waals surface area contributed by atoms with Gasteiger partial charge in [-0.3, -0.25) is 0 Å². The van der Waals surface area contributed by atoms with Crippen LogP contribution < -0.4 is 0 Å². The predicted molar refractivity (Wildman–Crippen MR) is 128 cm³/mol. The highest BCUT2D eigenvalue weighted by atomic mass is 19.1. The first kappa shape index (κ1) is 27.3. The van der Waals surface area contributed by atoms with Crippen LogP contribution in [0.15, 0.2) is 36.7 Å². The zero-order valence-corrected chi connectivity index (χ0v) is 20.1. The lowest BCUT2D eigenvalue weighted by Gasteiger charge is -2.10. The van der Waals surface area contributed by atoms with Gasteiger partial charge in [0.05, 0.1) is 17.8 Å². The minimum absolute atomic E-state index is 0.0816. The monoisotopic (exact) mass is 464 g/mol. The van der Waals surface area contributed by atoms with E-state index in [0.717, 1.165) is 44.1 Å². The number of rotatable bonds is 12. The molecule has 1 fully saturated rings. The summed E-state index contributed by atoms with van der Waals surface area (Å²) in [6.07, 6.45) is 12.8. The summed E-state index contributed by atoms with van der Waals surface area (Å²) < 4.78 is 44.5. The van der Waals surface area contributed by atoms with Gasteiger partial charge in [-0.15, -0.1) is 0 Å². The van der Waals surface area contributed by atoms with Crippen LogP contribution in [0.3, 0.4) is 0 Å². The van der Waals surface area contributed by atoms with Crippen molar-refractivity contribution >= 4 is 0 Å². The molecule has 0 bridgehead atoms. The van der Waals surface area contributed by atoms with Crippen LogP contribution in [0.5, 0.6) is 0 Å². The van der Waals surface area contributed by atoms with Crippen molar-refractivity contribution in [3.63, 3.8) is 0 Å². The molecule has 2 heterocycles. The van der Waals surface area contributed by atoms with Gasteiger partial charge in [0, 0.05) is 25.4 Å². The Hall–Kier alpha value is -1.95. The molecule has 1 aromatic heterocycles. The highest BCUT2D eigenvalue weighted by molar-refractivity contribution is 5.55. The van der Waals surface area contributed by atoms with E-state index < -0.39 is 12.3 Å². The van der Waals surface area contributed by atoms with Gasteiger partial charge in [-0.05, 0) is 50.3 Å². The standard InChI is InChI=1S/C17H20F2N2.C10H19FO/c1-13(18)7-3-2-4-8-14-11-20-17(21-12-14)15-9-5-6-10-16(15)19;1-2-3-4-5-6-10-9(11)7-8-12-10/h5-6,9-13H,2-4,7-8H2,1H3;9-10H,2-8H2,1H3. The maximum Gasteiger partial charge on any atom is 0.162 e. The molecule has 1 aliphatic rings. The van der Waals surface area contributed by atoms with Gasteiger partial charge < -0.3 is 4.74 Å². The van der Waals surface area contributed by atoms with Crippen LogP contribution in [0.4, 0.5) is 13.2 Å². The topological polar surface area (TPSA) is 35.0 Å². The van der Waals surface area contributed by atoms with Crippen LogP contribution >= 0.6 is 0 Å². The highest BCUT2D eigenvalue weighted by Crippen LogP contribution is 2.22. The van der Waals surface area contributed by atoms with E-state index in [2.05, 4.69) is 16.9 Å². The largest absolute Gasteiger partial charge is 0.375 e. The maximum atomic E-state index is 13.6. The van der Waals surface area contributed by atoms with Gasteiger partial charge in [0.15, 0.2) is 5.82 Å². The molecular formula is C27H39F3N2O. The number of nitrogens with zero attached hydrogens (tertiary/aromatic N) is 2. The Balaban J connectivity index is 0.000000273. The van der Waals surface area contributed by atoms with Crippen LogP contribution in [0.2, 0.25) is 0 Å². The minimum Gasteiger partial charge on any atom is -0.375 e. The fourth-order valence-corrected chi connectivity index (χ4v) is 3.86. The fraction of sp³-hybridized carbons (Fsp3) is 0.630. The van der Waals surface area contributed by atoms with Gasteiger partial charge in [-0.1, -0.05) is 57.6 Å². The van der Waals surface area contributed by atoms with E-state index in [4.69, 9.17) is 4.74 Å². The Kier molecular flexibility index (Phi) is 13.1. The number of aryl methyl sites for hydroxylation is 1. The first-order valence-electron chi connectivity index (χ1n) is 12.5. The smallest absolute Gasteiger partial charge is 0.162 e. The van der Waals surface area contributed by atoms with Crippen LogP contribution in [-0.2, 0) is 11.2 Å². The molecular weight excluding hydrogens is 425 g/mol. The number of ether oxygens (including phenoxy) is 1. The summed E-state index contributed by atoms with van der Waals surface area (Å²) in [5.41, 5.74) is 1.45. The molecule has 3 nitrogen and oxygen atoms in total. The first-order chi connectivity index (χ1) is 16.0. The third-order valence-corrected chi connectivity index (χ3v) is 5.86. The van der Waals surface area contributed by atoms with Gasteiger partial charge in [0.2, 0.25) is 0 Å². The third kappa shape index (κ3) is 10.7. The zero-order valence-electron chi connectivity index (χ0n) is 20.1. The number of halogens is 3. The zero-order chi connectivity index (χ0) is 23.9. The number of aromatic nitrogens is 2. The number of benzene rings is 1. The van der Waals surface area contributed by atoms with Crippen molar-refractivity contribution in [3.05, 3.63) is 48.0 Å². The Morgan fingerprint density at radius 1 is 1.03 bits per heavy atom. The summed E-state index contributed by atoms with van der Waals surface area (Å²) in [4.78, 5) is 8.45. The van der Waals surface area contributed by atoms with E-state index in [1.807, 2.05) is 0 Å². The maximum absolute atomic E-state index is 13.6. The van der Waals surface area contributed by atoms with Gasteiger partial charge in [0.1, 0.15) is 12.0 Å². The van der Waals surface area contributed by atoms with Crippen molar-refractivity contribution in [1.82, 2.24) is 9.97 Å². The van der Waals surface area contributed by atoms with Crippen molar-refractivity contribution in [2.24, 2.45) is 0 Å². The lowest BCUT2D eigenvalue weighted by molar-refractivity contribution is 0.0689. The summed E-state index contributed by atoms with van der Waals surface area (Å²) in [5.74, 6) is 0.0914. The second-order valence-electron chi connectivity index (χ2n) is 8.84. The van der Waals surface area contributed by atoms with E-state index in [-0.39, 0.29) is 11.9 Å². The van der Waals surface area contributed by atoms with E-state index in [1.54, 1.807) is 37.5 Å². The van der Waals surface area contributed by atoms with Crippen molar-refractivity contribution < 1.29 is 17.9 Å². The first-order valence-corrected chi connectivity index (χ1v) is 12.5. The van der Waals surface area contributed by atoms with Gasteiger partial charge in [-0.2, -0.15) is 0 Å². The SMILES string of the molecule is CC(F)CCCCCc1cnc(-c2ccccc2F)nc1.CCCCCCC1OCCC1F. The van der Waals surface area contributed by atoms with Gasteiger partial charge in [-0.25, -0.2) is 23.1 Å². The number of hydrogen-bond donors (Lipinski definition) is 0. The molecule has 0 aliphatic carbocycles. The molecule has 184 valence electrons. The molecule has 0 amide bonds. The second kappa shape index (κ2) is 15.8. The third-order valence-electron chi connectivity index (χ3n) is 5.86. The molecule has 1 saturated heterocycles. The van der Waals surface area contributed by atoms with Gasteiger partial charge >= 0.3 is 0 Å². The Bertz CT molecular complexity index is 770. The van der Waals surface area contributed by atoms with Crippen LogP contribution in [0, 0.1) is 5.82 Å². The molecule has 1 aromatic carbocycles. The highest BCUT2D eigenvalue weighted by Gasteiger charge is 2.26. The summed E-state index contributed by atoms with van der Waals surface area (Å²) >= 11 is 0. The predicted octanol–water partition coefficient (Wildman–Crippen LogP) is 7.83. The molecule has 0 spiro atoms. The average Bonchev–Trinajstić information content (AvgIpc) is 3.22. The van der Waals surface area contributed by atoms with E-state index in [1.165, 1.54) is 25.3 Å². The Labute approximate surface area is 197 Å². The molecule has 6 heteroatoms. The quantitative estimate of drug-likeness (QED) is 0.300. The fourth-order valence-electron chi connectivity index (χ4n) is 3.86. The molecule has 3 atom stereocenters. The molecule has 0 N–H and O–H groups in total. The lowest BCUT2D eigenvalue weighted by atomic mass is 10.1. The summed E-state index contributed by atoms with van der Waals surface area (Å²) in [5, 5.41) is 0. The van der Waals surface area contributed by atoms with Crippen molar-refractivity contribution in [2.75, 3.05) is 6.61 Å². The lowest BCUT2D eigenvalue weighted by Crippen LogP contribution is -2.16. The van der Waals surface area contributed by atoms with Crippen molar-refractivity contribution in [1.29, 1.82) is 0 Å². The van der Waals surface area contributed by atoms with E-state index >= 15 is 0 Å². The summed E-state index contributed by atoms with van der Waals surface area (Å²) in [6, 6.07) is 6.48. The molecule has 0 saturated carbocycles.